The van der Waals surface area contributed by atoms with Gasteiger partial charge in [-0.25, -0.2) is 0 Å². The third kappa shape index (κ3) is 2.66. The largest absolute Gasteiger partial charge is 0.493 e. The molecule has 0 spiro atoms. The standard InChI is InChI=1S/C14H19NO3/c1-10(15-7-8-16-2)13-9-11-5-4-6-12(17-3)14(11)18-13/h4-6,9-10,15H,7-8H2,1-3H3. The highest BCUT2D eigenvalue weighted by Crippen LogP contribution is 2.30. The molecule has 1 heterocycles. The van der Waals surface area contributed by atoms with E-state index in [2.05, 4.69) is 12.2 Å². The summed E-state index contributed by atoms with van der Waals surface area (Å²) in [7, 11) is 3.34. The van der Waals surface area contributed by atoms with Gasteiger partial charge in [-0.3, -0.25) is 0 Å². The molecule has 0 radical (unpaired) electrons. The average Bonchev–Trinajstić information content (AvgIpc) is 2.82. The van der Waals surface area contributed by atoms with E-state index in [0.29, 0.717) is 6.61 Å². The number of benzene rings is 1. The van der Waals surface area contributed by atoms with E-state index in [1.807, 2.05) is 24.3 Å². The van der Waals surface area contributed by atoms with Gasteiger partial charge in [-0.15, -0.1) is 0 Å². The highest BCUT2D eigenvalue weighted by atomic mass is 16.5. The van der Waals surface area contributed by atoms with Crippen LogP contribution in [0.4, 0.5) is 0 Å². The van der Waals surface area contributed by atoms with Crippen molar-refractivity contribution in [1.29, 1.82) is 0 Å². The van der Waals surface area contributed by atoms with E-state index in [-0.39, 0.29) is 6.04 Å². The molecule has 18 heavy (non-hydrogen) atoms. The van der Waals surface area contributed by atoms with Crippen LogP contribution < -0.4 is 10.1 Å². The fourth-order valence-electron chi connectivity index (χ4n) is 1.91. The Kier molecular flexibility index (Phi) is 4.23. The van der Waals surface area contributed by atoms with E-state index >= 15 is 0 Å². The predicted octanol–water partition coefficient (Wildman–Crippen LogP) is 2.74. The lowest BCUT2D eigenvalue weighted by molar-refractivity contribution is 0.195. The lowest BCUT2D eigenvalue weighted by Gasteiger charge is -2.10. The highest BCUT2D eigenvalue weighted by Gasteiger charge is 2.13. The number of methoxy groups -OCH3 is 2. The Morgan fingerprint density at radius 1 is 1.33 bits per heavy atom. The van der Waals surface area contributed by atoms with Crippen LogP contribution in [0, 0.1) is 0 Å². The number of para-hydroxylation sites is 1. The first-order valence-corrected chi connectivity index (χ1v) is 6.05. The minimum absolute atomic E-state index is 0.150. The van der Waals surface area contributed by atoms with Gasteiger partial charge in [0, 0.05) is 19.0 Å². The normalized spacial score (nSPS) is 12.8. The minimum atomic E-state index is 0.150. The van der Waals surface area contributed by atoms with Crippen LogP contribution >= 0.6 is 0 Å². The SMILES string of the molecule is COCCNC(C)c1cc2cccc(OC)c2o1. The van der Waals surface area contributed by atoms with Gasteiger partial charge in [0.15, 0.2) is 11.3 Å². The summed E-state index contributed by atoms with van der Waals surface area (Å²) in [5.41, 5.74) is 0.801. The zero-order valence-electron chi connectivity index (χ0n) is 11.0. The molecule has 1 aromatic heterocycles. The fourth-order valence-corrected chi connectivity index (χ4v) is 1.91. The van der Waals surface area contributed by atoms with Gasteiger partial charge in [0.1, 0.15) is 5.76 Å². The molecule has 1 atom stereocenters. The van der Waals surface area contributed by atoms with Crippen LogP contribution in [0.25, 0.3) is 11.0 Å². The maximum atomic E-state index is 5.85. The number of nitrogens with one attached hydrogen (secondary N) is 1. The molecule has 98 valence electrons. The number of ether oxygens (including phenoxy) is 2. The van der Waals surface area contributed by atoms with Crippen LogP contribution in [0.1, 0.15) is 18.7 Å². The highest BCUT2D eigenvalue weighted by molar-refractivity contribution is 5.83. The van der Waals surface area contributed by atoms with Gasteiger partial charge in [0.05, 0.1) is 19.8 Å². The van der Waals surface area contributed by atoms with Crippen LogP contribution in [0.15, 0.2) is 28.7 Å². The maximum absolute atomic E-state index is 5.85. The van der Waals surface area contributed by atoms with Crippen molar-refractivity contribution < 1.29 is 13.9 Å². The molecular weight excluding hydrogens is 230 g/mol. The van der Waals surface area contributed by atoms with Crippen molar-refractivity contribution in [2.24, 2.45) is 0 Å². The molecule has 0 aliphatic rings. The van der Waals surface area contributed by atoms with E-state index in [4.69, 9.17) is 13.9 Å². The maximum Gasteiger partial charge on any atom is 0.176 e. The molecular formula is C14H19NO3. The van der Waals surface area contributed by atoms with Crippen LogP contribution in [-0.2, 0) is 4.74 Å². The summed E-state index contributed by atoms with van der Waals surface area (Å²) in [4.78, 5) is 0. The zero-order valence-corrected chi connectivity index (χ0v) is 11.0. The number of fused-ring (bicyclic) bond motifs is 1. The first kappa shape index (κ1) is 12.9. The van der Waals surface area contributed by atoms with Crippen LogP contribution in [-0.4, -0.2) is 27.4 Å². The van der Waals surface area contributed by atoms with Gasteiger partial charge in [-0.1, -0.05) is 12.1 Å². The van der Waals surface area contributed by atoms with Crippen LogP contribution in [0.2, 0.25) is 0 Å². The third-order valence-corrected chi connectivity index (χ3v) is 2.93. The Bertz CT molecular complexity index is 507. The quantitative estimate of drug-likeness (QED) is 0.799. The van der Waals surface area contributed by atoms with E-state index < -0.39 is 0 Å². The van der Waals surface area contributed by atoms with Crippen LogP contribution in [0.5, 0.6) is 5.75 Å². The van der Waals surface area contributed by atoms with E-state index in [1.165, 1.54) is 0 Å². The summed E-state index contributed by atoms with van der Waals surface area (Å²) in [5.74, 6) is 1.67. The molecule has 4 nitrogen and oxygen atoms in total. The van der Waals surface area contributed by atoms with Gasteiger partial charge >= 0.3 is 0 Å². The summed E-state index contributed by atoms with van der Waals surface area (Å²) in [6.45, 7) is 3.56. The van der Waals surface area contributed by atoms with E-state index in [0.717, 1.165) is 29.0 Å². The smallest absolute Gasteiger partial charge is 0.176 e. The monoisotopic (exact) mass is 249 g/mol. The molecule has 0 aliphatic carbocycles. The molecule has 1 N–H and O–H groups in total. The molecule has 2 rings (SSSR count). The first-order chi connectivity index (χ1) is 8.76. The number of hydrogen-bond donors (Lipinski definition) is 1. The summed E-state index contributed by atoms with van der Waals surface area (Å²) >= 11 is 0. The predicted molar refractivity (Wildman–Crippen MR) is 71.1 cm³/mol. The zero-order chi connectivity index (χ0) is 13.0. The minimum Gasteiger partial charge on any atom is -0.493 e. The van der Waals surface area contributed by atoms with Gasteiger partial charge in [0.25, 0.3) is 0 Å². The Balaban J connectivity index is 2.19. The lowest BCUT2D eigenvalue weighted by Crippen LogP contribution is -2.22. The van der Waals surface area contributed by atoms with Crippen molar-refractivity contribution >= 4 is 11.0 Å². The van der Waals surface area contributed by atoms with Crippen molar-refractivity contribution in [1.82, 2.24) is 5.32 Å². The summed E-state index contributed by atoms with van der Waals surface area (Å²) in [6.07, 6.45) is 0. The summed E-state index contributed by atoms with van der Waals surface area (Å²) in [5, 5.41) is 4.40. The van der Waals surface area contributed by atoms with Crippen molar-refractivity contribution in [3.05, 3.63) is 30.0 Å². The lowest BCUT2D eigenvalue weighted by atomic mass is 10.2. The number of furan rings is 1. The molecule has 0 amide bonds. The molecule has 4 heteroatoms. The second kappa shape index (κ2) is 5.89. The molecule has 0 saturated heterocycles. The summed E-state index contributed by atoms with van der Waals surface area (Å²) < 4.78 is 16.1. The Labute approximate surface area is 107 Å². The molecule has 2 aromatic rings. The molecule has 1 aromatic carbocycles. The number of rotatable bonds is 6. The van der Waals surface area contributed by atoms with Crippen LogP contribution in [0.3, 0.4) is 0 Å². The van der Waals surface area contributed by atoms with Gasteiger partial charge in [-0.05, 0) is 19.1 Å². The molecule has 0 fully saturated rings. The summed E-state index contributed by atoms with van der Waals surface area (Å²) in [6, 6.07) is 8.08. The van der Waals surface area contributed by atoms with Gasteiger partial charge in [-0.2, -0.15) is 0 Å². The fraction of sp³-hybridized carbons (Fsp3) is 0.429. The average molecular weight is 249 g/mol. The van der Waals surface area contributed by atoms with Gasteiger partial charge in [0.2, 0.25) is 0 Å². The Hall–Kier alpha value is -1.52. The molecule has 0 saturated carbocycles. The Morgan fingerprint density at radius 3 is 2.89 bits per heavy atom. The number of hydrogen-bond acceptors (Lipinski definition) is 4. The molecule has 1 unspecified atom stereocenters. The van der Waals surface area contributed by atoms with Crippen molar-refractivity contribution in [2.45, 2.75) is 13.0 Å². The molecule has 0 aliphatic heterocycles. The second-order valence-electron chi connectivity index (χ2n) is 4.20. The first-order valence-electron chi connectivity index (χ1n) is 6.05. The van der Waals surface area contributed by atoms with Gasteiger partial charge < -0.3 is 19.2 Å². The van der Waals surface area contributed by atoms with Crippen molar-refractivity contribution in [3.63, 3.8) is 0 Å². The third-order valence-electron chi connectivity index (χ3n) is 2.93. The van der Waals surface area contributed by atoms with Crippen molar-refractivity contribution in [2.75, 3.05) is 27.4 Å². The molecule has 0 bridgehead atoms. The van der Waals surface area contributed by atoms with Crippen molar-refractivity contribution in [3.8, 4) is 5.75 Å². The Morgan fingerprint density at radius 2 is 2.17 bits per heavy atom. The second-order valence-corrected chi connectivity index (χ2v) is 4.20. The van der Waals surface area contributed by atoms with E-state index in [1.54, 1.807) is 14.2 Å². The topological polar surface area (TPSA) is 43.6 Å². The van der Waals surface area contributed by atoms with E-state index in [9.17, 15) is 0 Å².